The van der Waals surface area contributed by atoms with Crippen LogP contribution in [0.3, 0.4) is 0 Å². The summed E-state index contributed by atoms with van der Waals surface area (Å²) in [6, 6.07) is 4.54. The summed E-state index contributed by atoms with van der Waals surface area (Å²) < 4.78 is 27.0. The minimum atomic E-state index is -3.82. The van der Waals surface area contributed by atoms with E-state index in [9.17, 15) is 13.5 Å². The van der Waals surface area contributed by atoms with Gasteiger partial charge in [-0.1, -0.05) is 17.7 Å². The molecule has 1 aliphatic rings. The second kappa shape index (κ2) is 4.70. The highest BCUT2D eigenvalue weighted by atomic mass is 35.5. The Bertz CT molecular complexity index is 530. The third kappa shape index (κ3) is 2.33. The fourth-order valence-electron chi connectivity index (χ4n) is 2.04. The average molecular weight is 291 g/mol. The van der Waals surface area contributed by atoms with Gasteiger partial charge in [0.05, 0.1) is 22.9 Å². The number of nitrogens with one attached hydrogen (secondary N) is 1. The van der Waals surface area contributed by atoms with Gasteiger partial charge in [0.15, 0.2) is 0 Å². The molecular weight excluding hydrogens is 276 g/mol. The van der Waals surface area contributed by atoms with Crippen LogP contribution in [0.25, 0.3) is 0 Å². The van der Waals surface area contributed by atoms with Crippen LogP contribution in [0, 0.1) is 0 Å². The maximum absolute atomic E-state index is 12.3. The Kier molecular flexibility index (Phi) is 3.55. The Morgan fingerprint density at radius 1 is 1.44 bits per heavy atom. The molecule has 0 aliphatic heterocycles. The summed E-state index contributed by atoms with van der Waals surface area (Å²) in [5.41, 5.74) is 5.00. The summed E-state index contributed by atoms with van der Waals surface area (Å²) in [6.45, 7) is -0.226. The molecule has 0 bridgehead atoms. The van der Waals surface area contributed by atoms with Crippen molar-refractivity contribution in [2.24, 2.45) is 0 Å². The molecule has 0 amide bonds. The van der Waals surface area contributed by atoms with Crippen molar-refractivity contribution in [2.75, 3.05) is 12.3 Å². The Labute approximate surface area is 111 Å². The summed E-state index contributed by atoms with van der Waals surface area (Å²) in [4.78, 5) is -0.119. The number of nitrogen functional groups attached to an aromatic ring is 1. The molecule has 1 aliphatic carbocycles. The Morgan fingerprint density at radius 2 is 2.11 bits per heavy atom. The summed E-state index contributed by atoms with van der Waals surface area (Å²) in [5.74, 6) is 0. The van der Waals surface area contributed by atoms with Crippen LogP contribution < -0.4 is 10.5 Å². The van der Waals surface area contributed by atoms with Gasteiger partial charge in [-0.2, -0.15) is 0 Å². The van der Waals surface area contributed by atoms with Gasteiger partial charge in [-0.3, -0.25) is 0 Å². The number of benzene rings is 1. The predicted octanol–water partition coefficient (Wildman–Crippen LogP) is 1.12. The Morgan fingerprint density at radius 3 is 2.56 bits per heavy atom. The fraction of sp³-hybridized carbons (Fsp3) is 0.455. The van der Waals surface area contributed by atoms with Crippen LogP contribution >= 0.6 is 11.6 Å². The van der Waals surface area contributed by atoms with Crippen LogP contribution in [-0.2, 0) is 10.0 Å². The molecule has 18 heavy (non-hydrogen) atoms. The summed E-state index contributed by atoms with van der Waals surface area (Å²) in [7, 11) is -3.82. The smallest absolute Gasteiger partial charge is 0.244 e. The fourth-order valence-corrected chi connectivity index (χ4v) is 4.17. The summed E-state index contributed by atoms with van der Waals surface area (Å²) in [5, 5.41) is 9.37. The number of hydrogen-bond acceptors (Lipinski definition) is 4. The zero-order valence-corrected chi connectivity index (χ0v) is 11.3. The van der Waals surface area contributed by atoms with Crippen molar-refractivity contribution in [2.45, 2.75) is 29.7 Å². The minimum Gasteiger partial charge on any atom is -0.398 e. The molecule has 0 aromatic heterocycles. The lowest BCUT2D eigenvalue weighted by Gasteiger charge is -2.40. The molecule has 1 aromatic rings. The molecule has 0 radical (unpaired) electrons. The number of anilines is 1. The first-order valence-corrected chi connectivity index (χ1v) is 7.45. The first-order valence-electron chi connectivity index (χ1n) is 5.59. The van der Waals surface area contributed by atoms with E-state index in [1.165, 1.54) is 12.1 Å². The predicted molar refractivity (Wildman–Crippen MR) is 69.9 cm³/mol. The Balaban J connectivity index is 2.37. The molecule has 0 heterocycles. The zero-order chi connectivity index (χ0) is 13.4. The van der Waals surface area contributed by atoms with Crippen molar-refractivity contribution in [3.63, 3.8) is 0 Å². The van der Waals surface area contributed by atoms with E-state index in [2.05, 4.69) is 4.72 Å². The van der Waals surface area contributed by atoms with Crippen molar-refractivity contribution < 1.29 is 13.5 Å². The standard InChI is InChI=1S/C11H15ClN2O3S/c12-8-3-1-4-9(13)10(8)18(16,17)14-11(7-15)5-2-6-11/h1,3-4,14-15H,2,5-7,13H2. The summed E-state index contributed by atoms with van der Waals surface area (Å²) >= 11 is 5.89. The number of aliphatic hydroxyl groups is 1. The number of nitrogens with two attached hydrogens (primary N) is 1. The second-order valence-electron chi connectivity index (χ2n) is 4.56. The minimum absolute atomic E-state index is 0.0786. The SMILES string of the molecule is Nc1cccc(Cl)c1S(=O)(=O)NC1(CO)CCC1. The van der Waals surface area contributed by atoms with Gasteiger partial charge in [-0.15, -0.1) is 0 Å². The van der Waals surface area contributed by atoms with Gasteiger partial charge in [0.2, 0.25) is 10.0 Å². The zero-order valence-electron chi connectivity index (χ0n) is 9.69. The van der Waals surface area contributed by atoms with Crippen LogP contribution in [0.5, 0.6) is 0 Å². The second-order valence-corrected chi connectivity index (χ2v) is 6.58. The van der Waals surface area contributed by atoms with Gasteiger partial charge in [-0.05, 0) is 31.4 Å². The highest BCUT2D eigenvalue weighted by Crippen LogP contribution is 2.35. The van der Waals surface area contributed by atoms with Crippen molar-refractivity contribution >= 4 is 27.3 Å². The molecule has 2 rings (SSSR count). The average Bonchev–Trinajstić information content (AvgIpc) is 2.23. The van der Waals surface area contributed by atoms with E-state index >= 15 is 0 Å². The van der Waals surface area contributed by atoms with E-state index in [1.807, 2.05) is 0 Å². The van der Waals surface area contributed by atoms with E-state index < -0.39 is 15.6 Å². The molecule has 100 valence electrons. The molecule has 1 saturated carbocycles. The van der Waals surface area contributed by atoms with Crippen molar-refractivity contribution in [1.29, 1.82) is 0 Å². The van der Waals surface area contributed by atoms with E-state index in [1.54, 1.807) is 6.07 Å². The van der Waals surface area contributed by atoms with E-state index in [4.69, 9.17) is 17.3 Å². The number of rotatable bonds is 4. The lowest BCUT2D eigenvalue weighted by atomic mass is 9.78. The third-order valence-corrected chi connectivity index (χ3v) is 5.35. The lowest BCUT2D eigenvalue weighted by molar-refractivity contribution is 0.111. The Hall–Kier alpha value is -0.820. The molecule has 0 saturated heterocycles. The van der Waals surface area contributed by atoms with Crippen molar-refractivity contribution in [1.82, 2.24) is 4.72 Å². The first kappa shape index (κ1) is 13.6. The van der Waals surface area contributed by atoms with Crippen LogP contribution in [0.2, 0.25) is 5.02 Å². The third-order valence-electron chi connectivity index (χ3n) is 3.23. The number of aliphatic hydroxyl groups excluding tert-OH is 1. The van der Waals surface area contributed by atoms with Gasteiger partial charge < -0.3 is 10.8 Å². The highest BCUT2D eigenvalue weighted by molar-refractivity contribution is 7.89. The van der Waals surface area contributed by atoms with E-state index in [0.717, 1.165) is 6.42 Å². The normalized spacial score (nSPS) is 18.3. The van der Waals surface area contributed by atoms with Gasteiger partial charge in [-0.25, -0.2) is 13.1 Å². The van der Waals surface area contributed by atoms with Crippen LogP contribution in [-0.4, -0.2) is 25.7 Å². The monoisotopic (exact) mass is 290 g/mol. The van der Waals surface area contributed by atoms with Crippen molar-refractivity contribution in [3.8, 4) is 0 Å². The molecule has 1 aromatic carbocycles. The van der Waals surface area contributed by atoms with E-state index in [-0.39, 0.29) is 22.2 Å². The molecule has 0 atom stereocenters. The molecule has 7 heteroatoms. The summed E-state index contributed by atoms with van der Waals surface area (Å²) in [6.07, 6.45) is 2.13. The molecule has 4 N–H and O–H groups in total. The largest absolute Gasteiger partial charge is 0.398 e. The molecule has 1 fully saturated rings. The van der Waals surface area contributed by atoms with Crippen molar-refractivity contribution in [3.05, 3.63) is 23.2 Å². The molecule has 5 nitrogen and oxygen atoms in total. The maximum Gasteiger partial charge on any atom is 0.244 e. The molecular formula is C11H15ClN2O3S. The van der Waals surface area contributed by atoms with Crippen LogP contribution in [0.15, 0.2) is 23.1 Å². The number of sulfonamides is 1. The number of halogens is 1. The van der Waals surface area contributed by atoms with E-state index in [0.29, 0.717) is 12.8 Å². The molecule has 0 spiro atoms. The number of hydrogen-bond donors (Lipinski definition) is 3. The lowest BCUT2D eigenvalue weighted by Crippen LogP contribution is -2.56. The van der Waals surface area contributed by atoms with Gasteiger partial charge in [0, 0.05) is 0 Å². The van der Waals surface area contributed by atoms with Gasteiger partial charge >= 0.3 is 0 Å². The molecule has 0 unspecified atom stereocenters. The van der Waals surface area contributed by atoms with Gasteiger partial charge in [0.1, 0.15) is 4.90 Å². The first-order chi connectivity index (χ1) is 8.40. The quantitative estimate of drug-likeness (QED) is 0.725. The van der Waals surface area contributed by atoms with Crippen LogP contribution in [0.1, 0.15) is 19.3 Å². The highest BCUT2D eigenvalue weighted by Gasteiger charge is 2.41. The van der Waals surface area contributed by atoms with Gasteiger partial charge in [0.25, 0.3) is 0 Å². The maximum atomic E-state index is 12.3. The topological polar surface area (TPSA) is 92.4 Å². The van der Waals surface area contributed by atoms with Crippen LogP contribution in [0.4, 0.5) is 5.69 Å².